The van der Waals surface area contributed by atoms with Crippen LogP contribution < -0.4 is 0 Å². The van der Waals surface area contributed by atoms with E-state index >= 15 is 0 Å². The SMILES string of the molecule is C=C(C)C(=O)OCc1ccc(CCC(F)(F)C(F)(F)C(F)(F)C(F)(F)C(F)(F)C(F)(F)F)cc1. The van der Waals surface area contributed by atoms with Crippen molar-refractivity contribution in [3.63, 3.8) is 0 Å². The first kappa shape index (κ1) is 29.6. The Morgan fingerprint density at radius 2 is 1.15 bits per heavy atom. The van der Waals surface area contributed by atoms with Crippen LogP contribution in [0.4, 0.5) is 57.1 Å². The summed E-state index contributed by atoms with van der Waals surface area (Å²) >= 11 is 0. The zero-order chi connectivity index (χ0) is 27.0. The molecule has 2 nitrogen and oxygen atoms in total. The molecule has 0 spiro atoms. The molecule has 34 heavy (non-hydrogen) atoms. The number of carbonyl (C=O) groups is 1. The van der Waals surface area contributed by atoms with E-state index in [2.05, 4.69) is 6.58 Å². The fraction of sp³-hybridized carbons (Fsp3) is 0.526. The van der Waals surface area contributed by atoms with Gasteiger partial charge in [-0.3, -0.25) is 0 Å². The minimum Gasteiger partial charge on any atom is -0.457 e. The number of hydrogen-bond donors (Lipinski definition) is 0. The Morgan fingerprint density at radius 3 is 1.56 bits per heavy atom. The van der Waals surface area contributed by atoms with E-state index in [9.17, 15) is 61.9 Å². The summed E-state index contributed by atoms with van der Waals surface area (Å²) in [5.74, 6) is -37.6. The van der Waals surface area contributed by atoms with Crippen LogP contribution in [0, 0.1) is 0 Å². The number of aryl methyl sites for hydroxylation is 1. The van der Waals surface area contributed by atoms with Crippen molar-refractivity contribution in [1.82, 2.24) is 0 Å². The normalized spacial score (nSPS) is 14.2. The number of alkyl halides is 13. The molecule has 194 valence electrons. The summed E-state index contributed by atoms with van der Waals surface area (Å²) in [7, 11) is 0. The topological polar surface area (TPSA) is 26.3 Å². The fourth-order valence-electron chi connectivity index (χ4n) is 2.33. The predicted molar refractivity (Wildman–Crippen MR) is 90.2 cm³/mol. The van der Waals surface area contributed by atoms with Gasteiger partial charge in [0.05, 0.1) is 0 Å². The molecule has 0 aliphatic rings. The van der Waals surface area contributed by atoms with Crippen molar-refractivity contribution in [2.45, 2.75) is 62.2 Å². The van der Waals surface area contributed by atoms with Crippen molar-refractivity contribution in [3.05, 3.63) is 47.5 Å². The second-order valence-corrected chi connectivity index (χ2v) is 7.17. The van der Waals surface area contributed by atoms with Crippen LogP contribution in [0.2, 0.25) is 0 Å². The van der Waals surface area contributed by atoms with Crippen molar-refractivity contribution < 1.29 is 66.6 Å². The standard InChI is InChI=1S/C19H15F13O2/c1-10(2)13(33)34-9-12-5-3-11(4-6-12)7-8-14(20,21)15(22,23)16(24,25)17(26,27)18(28,29)19(30,31)32/h3-6H,1,7-9H2,2H3. The second kappa shape index (κ2) is 9.29. The first-order valence-electron chi connectivity index (χ1n) is 8.89. The number of ether oxygens (including phenoxy) is 1. The first-order chi connectivity index (χ1) is 15.0. The maximum atomic E-state index is 13.8. The van der Waals surface area contributed by atoms with Crippen LogP contribution in [0.25, 0.3) is 0 Å². The number of esters is 1. The lowest BCUT2D eigenvalue weighted by atomic mass is 9.91. The molecule has 0 aliphatic heterocycles. The summed E-state index contributed by atoms with van der Waals surface area (Å²) in [4.78, 5) is 11.3. The summed E-state index contributed by atoms with van der Waals surface area (Å²) in [6.07, 6.45) is -10.9. The summed E-state index contributed by atoms with van der Waals surface area (Å²) in [5.41, 5.74) is 0.0623. The number of hydrogen-bond acceptors (Lipinski definition) is 2. The van der Waals surface area contributed by atoms with Gasteiger partial charge in [0.2, 0.25) is 0 Å². The van der Waals surface area contributed by atoms with Gasteiger partial charge in [-0.25, -0.2) is 4.79 Å². The van der Waals surface area contributed by atoms with Gasteiger partial charge in [0, 0.05) is 12.0 Å². The third-order valence-electron chi connectivity index (χ3n) is 4.47. The molecule has 0 atom stereocenters. The summed E-state index contributed by atoms with van der Waals surface area (Å²) in [6, 6.07) is 4.26. The van der Waals surface area contributed by atoms with Crippen molar-refractivity contribution in [2.24, 2.45) is 0 Å². The van der Waals surface area contributed by atoms with Gasteiger partial charge in [-0.1, -0.05) is 30.8 Å². The van der Waals surface area contributed by atoms with Crippen LogP contribution in [0.5, 0.6) is 0 Å². The summed E-state index contributed by atoms with van der Waals surface area (Å²) in [6.45, 7) is 4.32. The van der Waals surface area contributed by atoms with Crippen molar-refractivity contribution in [2.75, 3.05) is 0 Å². The largest absolute Gasteiger partial charge is 0.460 e. The van der Waals surface area contributed by atoms with Crippen LogP contribution in [-0.4, -0.2) is 41.8 Å². The van der Waals surface area contributed by atoms with E-state index in [1.807, 2.05) is 0 Å². The number of carbonyl (C=O) groups excluding carboxylic acids is 1. The fourth-order valence-corrected chi connectivity index (χ4v) is 2.33. The molecule has 0 saturated carbocycles. The average Bonchev–Trinajstić information content (AvgIpc) is 2.69. The molecular weight excluding hydrogens is 507 g/mol. The molecule has 0 fully saturated rings. The Bertz CT molecular complexity index is 886. The average molecular weight is 522 g/mol. The van der Waals surface area contributed by atoms with Crippen LogP contribution >= 0.6 is 0 Å². The van der Waals surface area contributed by atoms with Crippen LogP contribution in [0.3, 0.4) is 0 Å². The van der Waals surface area contributed by atoms with Gasteiger partial charge in [-0.05, 0) is 24.5 Å². The minimum absolute atomic E-state index is 0.0511. The van der Waals surface area contributed by atoms with E-state index in [0.29, 0.717) is 0 Å². The number of rotatable bonds is 10. The van der Waals surface area contributed by atoms with Crippen molar-refractivity contribution in [1.29, 1.82) is 0 Å². The van der Waals surface area contributed by atoms with Gasteiger partial charge < -0.3 is 4.74 Å². The van der Waals surface area contributed by atoms with E-state index in [4.69, 9.17) is 4.74 Å². The molecule has 1 rings (SSSR count). The van der Waals surface area contributed by atoms with Crippen LogP contribution in [0.15, 0.2) is 36.4 Å². The molecule has 0 N–H and O–H groups in total. The van der Waals surface area contributed by atoms with E-state index in [1.165, 1.54) is 6.92 Å². The summed E-state index contributed by atoms with van der Waals surface area (Å²) in [5, 5.41) is 0. The molecule has 0 unspecified atom stereocenters. The molecule has 0 aromatic heterocycles. The highest BCUT2D eigenvalue weighted by Gasteiger charge is 2.90. The molecule has 0 radical (unpaired) electrons. The predicted octanol–water partition coefficient (Wildman–Crippen LogP) is 6.98. The van der Waals surface area contributed by atoms with Gasteiger partial charge in [0.25, 0.3) is 0 Å². The second-order valence-electron chi connectivity index (χ2n) is 7.17. The third-order valence-corrected chi connectivity index (χ3v) is 4.47. The van der Waals surface area contributed by atoms with E-state index in [-0.39, 0.29) is 23.3 Å². The Hall–Kier alpha value is -2.48. The molecule has 15 heteroatoms. The highest BCUT2D eigenvalue weighted by molar-refractivity contribution is 5.86. The van der Waals surface area contributed by atoms with Gasteiger partial charge in [-0.2, -0.15) is 57.1 Å². The molecular formula is C19H15F13O2. The van der Waals surface area contributed by atoms with Crippen LogP contribution in [0.1, 0.15) is 24.5 Å². The van der Waals surface area contributed by atoms with Gasteiger partial charge in [0.1, 0.15) is 6.61 Å². The Balaban J connectivity index is 3.04. The van der Waals surface area contributed by atoms with Gasteiger partial charge >= 0.3 is 41.8 Å². The Labute approximate surface area is 183 Å². The number of halogens is 13. The minimum atomic E-state index is -7.91. The van der Waals surface area contributed by atoms with Crippen molar-refractivity contribution >= 4 is 5.97 Å². The lowest BCUT2D eigenvalue weighted by molar-refractivity contribution is -0.440. The molecule has 0 amide bonds. The quantitative estimate of drug-likeness (QED) is 0.188. The highest BCUT2D eigenvalue weighted by atomic mass is 19.4. The number of benzene rings is 1. The monoisotopic (exact) mass is 522 g/mol. The third kappa shape index (κ3) is 5.27. The highest BCUT2D eigenvalue weighted by Crippen LogP contribution is 2.60. The summed E-state index contributed by atoms with van der Waals surface area (Å²) < 4.78 is 175. The molecule has 0 saturated heterocycles. The molecule has 0 heterocycles. The molecule has 1 aromatic rings. The Kier molecular flexibility index (Phi) is 8.07. The van der Waals surface area contributed by atoms with E-state index in [1.54, 1.807) is 0 Å². The van der Waals surface area contributed by atoms with Crippen LogP contribution in [-0.2, 0) is 22.6 Å². The van der Waals surface area contributed by atoms with E-state index in [0.717, 1.165) is 24.3 Å². The molecule has 0 aliphatic carbocycles. The molecule has 0 bridgehead atoms. The van der Waals surface area contributed by atoms with E-state index < -0.39 is 54.6 Å². The lowest BCUT2D eigenvalue weighted by Crippen LogP contribution is -2.70. The lowest BCUT2D eigenvalue weighted by Gasteiger charge is -2.39. The smallest absolute Gasteiger partial charge is 0.457 e. The zero-order valence-electron chi connectivity index (χ0n) is 16.9. The molecule has 1 aromatic carbocycles. The van der Waals surface area contributed by atoms with Gasteiger partial charge in [-0.15, -0.1) is 0 Å². The van der Waals surface area contributed by atoms with Crippen molar-refractivity contribution in [3.8, 4) is 0 Å². The zero-order valence-corrected chi connectivity index (χ0v) is 16.9. The maximum absolute atomic E-state index is 13.8. The van der Waals surface area contributed by atoms with Gasteiger partial charge in [0.15, 0.2) is 0 Å². The first-order valence-corrected chi connectivity index (χ1v) is 8.89. The Morgan fingerprint density at radius 1 is 0.735 bits per heavy atom. The maximum Gasteiger partial charge on any atom is 0.460 e.